The van der Waals surface area contributed by atoms with Crippen LogP contribution in [-0.2, 0) is 6.42 Å². The predicted octanol–water partition coefficient (Wildman–Crippen LogP) is 5.25. The van der Waals surface area contributed by atoms with Crippen LogP contribution in [0.25, 0.3) is 0 Å². The molecule has 0 aliphatic rings. The van der Waals surface area contributed by atoms with Crippen LogP contribution in [0.1, 0.15) is 12.5 Å². The van der Waals surface area contributed by atoms with Crippen molar-refractivity contribution in [1.29, 1.82) is 0 Å². The second-order valence-corrected chi connectivity index (χ2v) is 6.86. The SMILES string of the molecule is CCc1ccc(NC(=O)NCCN(C(=O)Nc2ccccc2)c2ccc(F)cc2)cc1. The lowest BCUT2D eigenvalue weighted by molar-refractivity contribution is 0.250. The molecule has 3 rings (SSSR count). The molecule has 0 unspecified atom stereocenters. The first-order valence-electron chi connectivity index (χ1n) is 10.1. The van der Waals surface area contributed by atoms with E-state index in [2.05, 4.69) is 22.9 Å². The Morgan fingerprint density at radius 1 is 0.839 bits per heavy atom. The molecule has 0 fully saturated rings. The Morgan fingerprint density at radius 3 is 2.13 bits per heavy atom. The zero-order chi connectivity index (χ0) is 22.1. The Balaban J connectivity index is 1.60. The fourth-order valence-electron chi connectivity index (χ4n) is 2.96. The molecule has 31 heavy (non-hydrogen) atoms. The number of carbonyl (C=O) groups is 2. The molecule has 0 saturated heterocycles. The van der Waals surface area contributed by atoms with E-state index in [0.29, 0.717) is 17.1 Å². The molecule has 3 aromatic carbocycles. The zero-order valence-electron chi connectivity index (χ0n) is 17.3. The van der Waals surface area contributed by atoms with Crippen LogP contribution in [0.2, 0.25) is 0 Å². The van der Waals surface area contributed by atoms with E-state index in [1.54, 1.807) is 12.1 Å². The molecule has 0 aliphatic carbocycles. The predicted molar refractivity (Wildman–Crippen MR) is 122 cm³/mol. The fraction of sp³-hybridized carbons (Fsp3) is 0.167. The van der Waals surface area contributed by atoms with Crippen LogP contribution in [0.5, 0.6) is 0 Å². The topological polar surface area (TPSA) is 73.5 Å². The number of para-hydroxylation sites is 1. The Labute approximate surface area is 181 Å². The minimum atomic E-state index is -0.390. The maximum absolute atomic E-state index is 13.3. The number of hydrogen-bond acceptors (Lipinski definition) is 2. The van der Waals surface area contributed by atoms with Crippen molar-refractivity contribution in [2.45, 2.75) is 13.3 Å². The van der Waals surface area contributed by atoms with Crippen molar-refractivity contribution in [3.05, 3.63) is 90.2 Å². The maximum atomic E-state index is 13.3. The molecule has 0 atom stereocenters. The average Bonchev–Trinajstić information content (AvgIpc) is 2.78. The number of aryl methyl sites for hydroxylation is 1. The van der Waals surface area contributed by atoms with Crippen LogP contribution in [0.4, 0.5) is 31.0 Å². The number of halogens is 1. The fourth-order valence-corrected chi connectivity index (χ4v) is 2.96. The highest BCUT2D eigenvalue weighted by molar-refractivity contribution is 6.01. The van der Waals surface area contributed by atoms with Crippen molar-refractivity contribution in [1.82, 2.24) is 5.32 Å². The number of nitrogens with zero attached hydrogens (tertiary/aromatic N) is 1. The number of carbonyl (C=O) groups excluding carboxylic acids is 2. The summed E-state index contributed by atoms with van der Waals surface area (Å²) in [6, 6.07) is 21.5. The van der Waals surface area contributed by atoms with Crippen molar-refractivity contribution in [3.8, 4) is 0 Å². The Bertz CT molecular complexity index is 992. The minimum Gasteiger partial charge on any atom is -0.336 e. The molecule has 0 saturated carbocycles. The van der Waals surface area contributed by atoms with Gasteiger partial charge in [0.1, 0.15) is 5.82 Å². The average molecular weight is 420 g/mol. The second kappa shape index (κ2) is 10.8. The van der Waals surface area contributed by atoms with Crippen LogP contribution in [0, 0.1) is 5.82 Å². The van der Waals surface area contributed by atoms with Gasteiger partial charge in [-0.05, 0) is 60.5 Å². The first kappa shape index (κ1) is 21.8. The molecule has 0 aliphatic heterocycles. The van der Waals surface area contributed by atoms with Crippen molar-refractivity contribution < 1.29 is 14.0 Å². The molecule has 160 valence electrons. The largest absolute Gasteiger partial charge is 0.336 e. The van der Waals surface area contributed by atoms with E-state index in [-0.39, 0.29) is 25.2 Å². The number of urea groups is 2. The van der Waals surface area contributed by atoms with Gasteiger partial charge in [-0.3, -0.25) is 4.90 Å². The highest BCUT2D eigenvalue weighted by Crippen LogP contribution is 2.17. The smallest absolute Gasteiger partial charge is 0.326 e. The van der Waals surface area contributed by atoms with Gasteiger partial charge < -0.3 is 16.0 Å². The minimum absolute atomic E-state index is 0.201. The summed E-state index contributed by atoms with van der Waals surface area (Å²) in [7, 11) is 0. The summed E-state index contributed by atoms with van der Waals surface area (Å²) >= 11 is 0. The molecule has 3 N–H and O–H groups in total. The van der Waals surface area contributed by atoms with Crippen molar-refractivity contribution in [3.63, 3.8) is 0 Å². The van der Waals surface area contributed by atoms with Crippen molar-refractivity contribution in [2.24, 2.45) is 0 Å². The molecule has 0 aromatic heterocycles. The van der Waals surface area contributed by atoms with Gasteiger partial charge in [0.05, 0.1) is 0 Å². The van der Waals surface area contributed by atoms with Crippen LogP contribution in [0.3, 0.4) is 0 Å². The van der Waals surface area contributed by atoms with Crippen LogP contribution in [-0.4, -0.2) is 25.2 Å². The van der Waals surface area contributed by atoms with Gasteiger partial charge in [-0.1, -0.05) is 37.3 Å². The first-order valence-corrected chi connectivity index (χ1v) is 10.1. The van der Waals surface area contributed by atoms with E-state index in [1.165, 1.54) is 34.7 Å². The molecule has 6 nitrogen and oxygen atoms in total. The molecule has 0 radical (unpaired) electrons. The van der Waals surface area contributed by atoms with Gasteiger partial charge in [0.2, 0.25) is 0 Å². The Morgan fingerprint density at radius 2 is 1.48 bits per heavy atom. The summed E-state index contributed by atoms with van der Waals surface area (Å²) < 4.78 is 13.3. The summed E-state index contributed by atoms with van der Waals surface area (Å²) in [5, 5.41) is 8.32. The number of rotatable bonds is 7. The van der Waals surface area contributed by atoms with Crippen LogP contribution in [0.15, 0.2) is 78.9 Å². The number of hydrogen-bond donors (Lipinski definition) is 3. The van der Waals surface area contributed by atoms with Gasteiger partial charge in [-0.15, -0.1) is 0 Å². The molecule has 0 heterocycles. The summed E-state index contributed by atoms with van der Waals surface area (Å²) in [6.07, 6.45) is 0.927. The summed E-state index contributed by atoms with van der Waals surface area (Å²) in [6.45, 7) is 2.47. The summed E-state index contributed by atoms with van der Waals surface area (Å²) in [5.74, 6) is -0.390. The maximum Gasteiger partial charge on any atom is 0.326 e. The normalized spacial score (nSPS) is 10.3. The van der Waals surface area contributed by atoms with E-state index >= 15 is 0 Å². The molecule has 3 aromatic rings. The van der Waals surface area contributed by atoms with Gasteiger partial charge in [0, 0.05) is 30.2 Å². The highest BCUT2D eigenvalue weighted by Gasteiger charge is 2.16. The van der Waals surface area contributed by atoms with Gasteiger partial charge >= 0.3 is 12.1 Å². The monoisotopic (exact) mass is 420 g/mol. The third-order valence-corrected chi connectivity index (χ3v) is 4.65. The lowest BCUT2D eigenvalue weighted by Crippen LogP contribution is -2.42. The molecular weight excluding hydrogens is 395 g/mol. The molecular formula is C24H25FN4O2. The molecule has 7 heteroatoms. The number of anilines is 3. The van der Waals surface area contributed by atoms with Gasteiger partial charge in [0.25, 0.3) is 0 Å². The van der Waals surface area contributed by atoms with Crippen LogP contribution < -0.4 is 20.9 Å². The second-order valence-electron chi connectivity index (χ2n) is 6.86. The van der Waals surface area contributed by atoms with Gasteiger partial charge in [-0.2, -0.15) is 0 Å². The third kappa shape index (κ3) is 6.57. The first-order chi connectivity index (χ1) is 15.0. The van der Waals surface area contributed by atoms with E-state index < -0.39 is 5.82 Å². The zero-order valence-corrected chi connectivity index (χ0v) is 17.3. The molecule has 4 amide bonds. The Kier molecular flexibility index (Phi) is 7.59. The van der Waals surface area contributed by atoms with Gasteiger partial charge in [-0.25, -0.2) is 14.0 Å². The van der Waals surface area contributed by atoms with Crippen LogP contribution >= 0.6 is 0 Å². The van der Waals surface area contributed by atoms with E-state index in [4.69, 9.17) is 0 Å². The summed E-state index contributed by atoms with van der Waals surface area (Å²) in [4.78, 5) is 26.5. The van der Waals surface area contributed by atoms with Gasteiger partial charge in [0.15, 0.2) is 0 Å². The van der Waals surface area contributed by atoms with Crippen molar-refractivity contribution in [2.75, 3.05) is 28.6 Å². The number of benzene rings is 3. The van der Waals surface area contributed by atoms with E-state index in [1.807, 2.05) is 42.5 Å². The highest BCUT2D eigenvalue weighted by atomic mass is 19.1. The quantitative estimate of drug-likeness (QED) is 0.489. The summed E-state index contributed by atoms with van der Waals surface area (Å²) in [5.41, 5.74) is 3.03. The van der Waals surface area contributed by atoms with E-state index in [9.17, 15) is 14.0 Å². The van der Waals surface area contributed by atoms with E-state index in [0.717, 1.165) is 6.42 Å². The Hall–Kier alpha value is -3.87. The molecule has 0 spiro atoms. The molecule has 0 bridgehead atoms. The third-order valence-electron chi connectivity index (χ3n) is 4.65. The number of nitrogens with one attached hydrogen (secondary N) is 3. The standard InChI is InChI=1S/C24H25FN4O2/c1-2-18-8-12-21(13-9-18)27-23(30)26-16-17-29(22-14-10-19(25)11-15-22)24(31)28-20-6-4-3-5-7-20/h3-15H,2,16-17H2,1H3,(H,28,31)(H2,26,27,30). The lowest BCUT2D eigenvalue weighted by atomic mass is 10.1. The van der Waals surface area contributed by atoms with Crippen molar-refractivity contribution >= 4 is 29.1 Å². The lowest BCUT2D eigenvalue weighted by Gasteiger charge is -2.23. The number of amides is 4.